The van der Waals surface area contributed by atoms with Crippen molar-refractivity contribution in [2.45, 2.75) is 106 Å². The normalized spacial score (nSPS) is 14.0. The maximum Gasteiger partial charge on any atom is 0.148 e. The number of pyridine rings is 1. The van der Waals surface area contributed by atoms with Crippen molar-refractivity contribution < 1.29 is 35.8 Å². The number of para-hydroxylation sites is 1. The number of hydrogen-bond donors (Lipinski definition) is 1. The molecule has 0 saturated heterocycles. The van der Waals surface area contributed by atoms with E-state index in [4.69, 9.17) is 11.3 Å². The van der Waals surface area contributed by atoms with E-state index < -0.39 is 30.4 Å². The van der Waals surface area contributed by atoms with E-state index in [-0.39, 0.29) is 49.7 Å². The first-order valence-corrected chi connectivity index (χ1v) is 23.5. The van der Waals surface area contributed by atoms with Crippen LogP contribution in [0.25, 0.3) is 83.9 Å². The predicted molar refractivity (Wildman–Crippen MR) is 287 cm³/mol. The Morgan fingerprint density at radius 3 is 1.90 bits per heavy atom. The van der Waals surface area contributed by atoms with Crippen molar-refractivity contribution in [3.63, 3.8) is 0 Å². The average molecular weight is 1090 g/mol. The largest absolute Gasteiger partial charge is 0.507 e. The van der Waals surface area contributed by atoms with E-state index in [1.54, 1.807) is 62.7 Å². The zero-order valence-corrected chi connectivity index (χ0v) is 43.4. The molecule has 0 bridgehead atoms. The Morgan fingerprint density at radius 2 is 1.22 bits per heavy atom. The summed E-state index contributed by atoms with van der Waals surface area (Å²) in [5.41, 5.74) is 13.3. The molecule has 69 heavy (non-hydrogen) atoms. The van der Waals surface area contributed by atoms with Crippen molar-refractivity contribution in [1.82, 2.24) is 14.5 Å². The summed E-state index contributed by atoms with van der Waals surface area (Å²) in [6.45, 7) is 15.8. The van der Waals surface area contributed by atoms with Crippen LogP contribution in [0.2, 0.25) is 0 Å². The third kappa shape index (κ3) is 9.66. The third-order valence-corrected chi connectivity index (χ3v) is 13.0. The van der Waals surface area contributed by atoms with Crippen molar-refractivity contribution in [2.24, 2.45) is 0 Å². The SMILES string of the molecule is [2H]C([2H])([2H])c1cc(-c2c(C(C)C)cccc2C([2H])(C)C)ccc1-n1c(-c2cc(C([2H])(C)C)cc(C([2H])(C)C)c2O)nc2c(-c3[c-]c(-c4cc(-c5ccc(C([2H])(C)C)cc5)ccn4)cc(-c4ccccc4)c3)cccc21.[Pt]. The number of hydrogen-bond acceptors (Lipinski definition) is 3. The van der Waals surface area contributed by atoms with Crippen LogP contribution in [0.4, 0.5) is 0 Å². The summed E-state index contributed by atoms with van der Waals surface area (Å²) in [7, 11) is 0. The number of imidazole rings is 1. The zero-order valence-electron chi connectivity index (χ0n) is 48.1. The molecule has 5 heteroatoms. The van der Waals surface area contributed by atoms with E-state index in [1.165, 1.54) is 0 Å². The summed E-state index contributed by atoms with van der Waals surface area (Å²) in [6.07, 6.45) is 1.79. The van der Waals surface area contributed by atoms with E-state index in [9.17, 15) is 13.3 Å². The maximum atomic E-state index is 12.5. The van der Waals surface area contributed by atoms with Crippen LogP contribution in [0.15, 0.2) is 152 Å². The molecule has 2 aromatic heterocycles. The Balaban J connectivity index is 0.00000765. The summed E-state index contributed by atoms with van der Waals surface area (Å²) < 4.78 is 65.5. The molecule has 352 valence electrons. The van der Waals surface area contributed by atoms with E-state index >= 15 is 0 Å². The first-order valence-electron chi connectivity index (χ1n) is 27.0. The van der Waals surface area contributed by atoms with E-state index in [2.05, 4.69) is 44.2 Å². The number of aromatic hydroxyl groups is 1. The molecule has 4 nitrogen and oxygen atoms in total. The smallest absolute Gasteiger partial charge is 0.148 e. The minimum atomic E-state index is -2.66. The fourth-order valence-corrected chi connectivity index (χ4v) is 9.30. The zero-order chi connectivity index (χ0) is 54.2. The Kier molecular flexibility index (Phi) is 11.9. The van der Waals surface area contributed by atoms with Gasteiger partial charge in [-0.1, -0.05) is 189 Å². The number of fused-ring (bicyclic) bond motifs is 1. The molecular formula is C64H64N3OPt-. The molecule has 0 saturated carbocycles. The van der Waals surface area contributed by atoms with Gasteiger partial charge in [0, 0.05) is 42.6 Å². The van der Waals surface area contributed by atoms with Crippen molar-refractivity contribution >= 4 is 11.0 Å². The third-order valence-electron chi connectivity index (χ3n) is 13.0. The molecule has 9 rings (SSSR count). The van der Waals surface area contributed by atoms with Crippen molar-refractivity contribution in [1.29, 1.82) is 0 Å². The molecular weight excluding hydrogens is 1020 g/mol. The van der Waals surface area contributed by atoms with Crippen molar-refractivity contribution in [3.8, 4) is 78.6 Å². The molecule has 0 aliphatic carbocycles. The van der Waals surface area contributed by atoms with Crippen LogP contribution in [-0.2, 0) is 21.1 Å². The van der Waals surface area contributed by atoms with Gasteiger partial charge in [-0.05, 0) is 128 Å². The molecule has 0 amide bonds. The molecule has 0 atom stereocenters. The number of rotatable bonds is 12. The van der Waals surface area contributed by atoms with Gasteiger partial charge in [-0.2, -0.15) is 0 Å². The first kappa shape index (κ1) is 40.5. The molecule has 0 fully saturated rings. The van der Waals surface area contributed by atoms with Gasteiger partial charge in [0.25, 0.3) is 0 Å². The quantitative estimate of drug-likeness (QED) is 0.124. The van der Waals surface area contributed by atoms with Gasteiger partial charge < -0.3 is 5.11 Å². The Labute approximate surface area is 434 Å². The fraction of sp³-hybridized carbons (Fsp3) is 0.250. The van der Waals surface area contributed by atoms with Crippen molar-refractivity contribution in [3.05, 3.63) is 191 Å². The number of aromatic nitrogens is 3. The monoisotopic (exact) mass is 1090 g/mol. The van der Waals surface area contributed by atoms with Gasteiger partial charge in [-0.15, -0.1) is 23.8 Å². The van der Waals surface area contributed by atoms with Gasteiger partial charge in [0.2, 0.25) is 0 Å². The summed E-state index contributed by atoms with van der Waals surface area (Å²) >= 11 is 0. The van der Waals surface area contributed by atoms with Crippen LogP contribution in [0.3, 0.4) is 0 Å². The van der Waals surface area contributed by atoms with Crippen LogP contribution in [0.1, 0.15) is 142 Å². The number of phenolic OH excluding ortho intramolecular Hbond substituents is 1. The molecule has 0 radical (unpaired) electrons. The number of aryl methyl sites for hydroxylation is 1. The fourth-order valence-electron chi connectivity index (χ4n) is 9.30. The van der Waals surface area contributed by atoms with Gasteiger partial charge in [0.15, 0.2) is 0 Å². The molecule has 1 N–H and O–H groups in total. The van der Waals surface area contributed by atoms with Crippen LogP contribution in [0.5, 0.6) is 5.75 Å². The van der Waals surface area contributed by atoms with Crippen LogP contribution < -0.4 is 0 Å². The molecule has 9 aromatic rings. The standard InChI is InChI=1S/C64H64N3O.Pt/c1-38(2)44-23-25-46(26-24-44)47-29-30-65-58(37-47)52-33-50(45-17-13-12-14-18-45)32-51(34-52)55-21-16-22-60-62(55)66-64(57-36-49(39(3)4)35-56(42(9)10)63(57)68)67(60)59-28-27-48(31-43(59)11)61-53(40(5)6)19-15-20-54(61)41(7)8;/h12-33,35-42,68H,1-11H3;/q-1;/i11D3,38D,39D,40D,42D;. The predicted octanol–water partition coefficient (Wildman–Crippen LogP) is 17.9. The number of nitrogens with zero attached hydrogens (tertiary/aromatic N) is 3. The van der Waals surface area contributed by atoms with Crippen LogP contribution >= 0.6 is 0 Å². The minimum Gasteiger partial charge on any atom is -0.507 e. The number of phenols is 1. The minimum absolute atomic E-state index is 0. The molecule has 0 spiro atoms. The second-order valence-corrected chi connectivity index (χ2v) is 19.1. The summed E-state index contributed by atoms with van der Waals surface area (Å²) in [5, 5.41) is 12.5. The van der Waals surface area contributed by atoms with Crippen molar-refractivity contribution in [2.75, 3.05) is 0 Å². The summed E-state index contributed by atoms with van der Waals surface area (Å²) in [6, 6.07) is 50.6. The molecule has 0 aliphatic heterocycles. The van der Waals surface area contributed by atoms with Crippen LogP contribution in [0, 0.1) is 12.9 Å². The molecule has 0 unspecified atom stereocenters. The van der Waals surface area contributed by atoms with Gasteiger partial charge in [-0.25, -0.2) is 4.98 Å². The number of benzene rings is 7. The molecule has 0 aliphatic rings. The molecule has 2 heterocycles. The van der Waals surface area contributed by atoms with Gasteiger partial charge in [-0.3, -0.25) is 9.55 Å². The van der Waals surface area contributed by atoms with E-state index in [1.807, 2.05) is 125 Å². The average Bonchev–Trinajstić information content (AvgIpc) is 3.75. The second-order valence-electron chi connectivity index (χ2n) is 19.1. The molecule has 7 aromatic carbocycles. The topological polar surface area (TPSA) is 50.9 Å². The van der Waals surface area contributed by atoms with Gasteiger partial charge in [0.1, 0.15) is 11.6 Å². The van der Waals surface area contributed by atoms with Crippen LogP contribution in [-0.4, -0.2) is 19.6 Å². The van der Waals surface area contributed by atoms with E-state index in [0.29, 0.717) is 50.2 Å². The Bertz CT molecular complexity index is 3610. The van der Waals surface area contributed by atoms with E-state index in [0.717, 1.165) is 50.1 Å². The maximum absolute atomic E-state index is 12.5. The van der Waals surface area contributed by atoms with Gasteiger partial charge >= 0.3 is 0 Å². The second kappa shape index (κ2) is 20.3. The Morgan fingerprint density at radius 1 is 0.551 bits per heavy atom. The summed E-state index contributed by atoms with van der Waals surface area (Å²) in [5.74, 6) is -4.06. The first-order chi connectivity index (χ1) is 35.1. The summed E-state index contributed by atoms with van der Waals surface area (Å²) in [4.78, 5) is 10.3. The van der Waals surface area contributed by atoms with Gasteiger partial charge in [0.05, 0.1) is 22.3 Å². The Hall–Kier alpha value is -6.35.